The number of benzene rings is 1. The van der Waals surface area contributed by atoms with Crippen LogP contribution in [0.1, 0.15) is 25.0 Å². The molecule has 1 rings (SSSR count). The molecule has 2 nitrogen and oxygen atoms in total. The standard InChI is InChI=1S/C12H16O2/c1-9(2)8-12(13)10-4-6-11(14-3)7-5-10/h4-7,12-13H,1,8H2,2-3H3/t12-/m1/s1. The lowest BCUT2D eigenvalue weighted by molar-refractivity contribution is 0.178. The summed E-state index contributed by atoms with van der Waals surface area (Å²) in [6, 6.07) is 7.42. The van der Waals surface area contributed by atoms with E-state index >= 15 is 0 Å². The zero-order valence-electron chi connectivity index (χ0n) is 8.66. The van der Waals surface area contributed by atoms with Crippen LogP contribution in [0.5, 0.6) is 5.75 Å². The van der Waals surface area contributed by atoms with Gasteiger partial charge in [-0.05, 0) is 31.0 Å². The van der Waals surface area contributed by atoms with E-state index in [0.29, 0.717) is 6.42 Å². The van der Waals surface area contributed by atoms with Crippen LogP contribution in [-0.2, 0) is 0 Å². The molecule has 0 aromatic heterocycles. The van der Waals surface area contributed by atoms with Crippen molar-refractivity contribution in [2.24, 2.45) is 0 Å². The van der Waals surface area contributed by atoms with Gasteiger partial charge in [0, 0.05) is 0 Å². The molecule has 1 aromatic carbocycles. The Hall–Kier alpha value is -1.28. The summed E-state index contributed by atoms with van der Waals surface area (Å²) in [5.74, 6) is 0.802. The van der Waals surface area contributed by atoms with Crippen molar-refractivity contribution in [3.05, 3.63) is 42.0 Å². The van der Waals surface area contributed by atoms with Crippen molar-refractivity contribution in [2.45, 2.75) is 19.4 Å². The third-order valence-electron chi connectivity index (χ3n) is 2.04. The van der Waals surface area contributed by atoms with Gasteiger partial charge in [-0.2, -0.15) is 0 Å². The van der Waals surface area contributed by atoms with Gasteiger partial charge in [-0.1, -0.05) is 17.7 Å². The van der Waals surface area contributed by atoms with E-state index in [0.717, 1.165) is 16.9 Å². The first-order valence-electron chi connectivity index (χ1n) is 4.60. The number of aliphatic hydroxyl groups excluding tert-OH is 1. The lowest BCUT2D eigenvalue weighted by atomic mass is 10.0. The minimum Gasteiger partial charge on any atom is -0.497 e. The fourth-order valence-electron chi connectivity index (χ4n) is 1.27. The second-order valence-electron chi connectivity index (χ2n) is 3.45. The van der Waals surface area contributed by atoms with Gasteiger partial charge in [0.15, 0.2) is 0 Å². The molecule has 1 atom stereocenters. The smallest absolute Gasteiger partial charge is 0.118 e. The van der Waals surface area contributed by atoms with Crippen molar-refractivity contribution in [3.63, 3.8) is 0 Å². The number of hydrogen-bond acceptors (Lipinski definition) is 2. The highest BCUT2D eigenvalue weighted by molar-refractivity contribution is 5.28. The van der Waals surface area contributed by atoms with Gasteiger partial charge in [-0.3, -0.25) is 0 Å². The summed E-state index contributed by atoms with van der Waals surface area (Å²) in [4.78, 5) is 0. The molecule has 0 aliphatic rings. The predicted octanol–water partition coefficient (Wildman–Crippen LogP) is 2.69. The van der Waals surface area contributed by atoms with Gasteiger partial charge in [0.1, 0.15) is 5.75 Å². The lowest BCUT2D eigenvalue weighted by Gasteiger charge is -2.11. The number of hydrogen-bond donors (Lipinski definition) is 1. The van der Waals surface area contributed by atoms with Crippen LogP contribution in [0.25, 0.3) is 0 Å². The summed E-state index contributed by atoms with van der Waals surface area (Å²) < 4.78 is 5.03. The van der Waals surface area contributed by atoms with E-state index in [-0.39, 0.29) is 0 Å². The molecule has 2 heteroatoms. The SMILES string of the molecule is C=C(C)C[C@@H](O)c1ccc(OC)cc1. The summed E-state index contributed by atoms with van der Waals surface area (Å²) in [6.45, 7) is 5.68. The van der Waals surface area contributed by atoms with Crippen LogP contribution >= 0.6 is 0 Å². The van der Waals surface area contributed by atoms with Crippen LogP contribution in [0.15, 0.2) is 36.4 Å². The number of rotatable bonds is 4. The van der Waals surface area contributed by atoms with Gasteiger partial charge in [-0.25, -0.2) is 0 Å². The normalized spacial score (nSPS) is 12.2. The van der Waals surface area contributed by atoms with Crippen LogP contribution in [0.2, 0.25) is 0 Å². The van der Waals surface area contributed by atoms with Crippen molar-refractivity contribution < 1.29 is 9.84 Å². The predicted molar refractivity (Wildman–Crippen MR) is 57.4 cm³/mol. The summed E-state index contributed by atoms with van der Waals surface area (Å²) in [5.41, 5.74) is 1.88. The largest absolute Gasteiger partial charge is 0.497 e. The van der Waals surface area contributed by atoms with Crippen molar-refractivity contribution >= 4 is 0 Å². The summed E-state index contributed by atoms with van der Waals surface area (Å²) in [6.07, 6.45) is 0.144. The Morgan fingerprint density at radius 3 is 2.43 bits per heavy atom. The molecule has 0 radical (unpaired) electrons. The highest BCUT2D eigenvalue weighted by Crippen LogP contribution is 2.22. The molecule has 0 amide bonds. The Bertz CT molecular complexity index is 301. The maximum Gasteiger partial charge on any atom is 0.118 e. The van der Waals surface area contributed by atoms with E-state index in [4.69, 9.17) is 4.74 Å². The molecule has 0 saturated carbocycles. The second-order valence-corrected chi connectivity index (χ2v) is 3.45. The molecule has 0 aliphatic carbocycles. The lowest BCUT2D eigenvalue weighted by Crippen LogP contribution is -1.97. The van der Waals surface area contributed by atoms with Crippen molar-refractivity contribution in [3.8, 4) is 5.75 Å². The van der Waals surface area contributed by atoms with Gasteiger partial charge in [0.05, 0.1) is 13.2 Å². The van der Waals surface area contributed by atoms with Crippen LogP contribution in [0, 0.1) is 0 Å². The first-order chi connectivity index (χ1) is 6.63. The highest BCUT2D eigenvalue weighted by Gasteiger charge is 2.06. The van der Waals surface area contributed by atoms with E-state index in [1.807, 2.05) is 31.2 Å². The fourth-order valence-corrected chi connectivity index (χ4v) is 1.27. The van der Waals surface area contributed by atoms with Crippen molar-refractivity contribution in [1.29, 1.82) is 0 Å². The van der Waals surface area contributed by atoms with Crippen molar-refractivity contribution in [1.82, 2.24) is 0 Å². The third kappa shape index (κ3) is 2.89. The van der Waals surface area contributed by atoms with E-state index in [9.17, 15) is 5.11 Å². The highest BCUT2D eigenvalue weighted by atomic mass is 16.5. The number of methoxy groups -OCH3 is 1. The Kier molecular flexibility index (Phi) is 3.72. The topological polar surface area (TPSA) is 29.5 Å². The quantitative estimate of drug-likeness (QED) is 0.743. The zero-order chi connectivity index (χ0) is 10.6. The average Bonchev–Trinajstić information content (AvgIpc) is 2.17. The van der Waals surface area contributed by atoms with Crippen LogP contribution in [0.3, 0.4) is 0 Å². The van der Waals surface area contributed by atoms with Gasteiger partial charge < -0.3 is 9.84 Å². The summed E-state index contributed by atoms with van der Waals surface area (Å²) in [5, 5.41) is 9.75. The average molecular weight is 192 g/mol. The molecule has 76 valence electrons. The van der Waals surface area contributed by atoms with Crippen LogP contribution in [-0.4, -0.2) is 12.2 Å². The molecule has 0 fully saturated rings. The molecule has 0 spiro atoms. The Balaban J connectivity index is 2.71. The first kappa shape index (κ1) is 10.8. The molecule has 0 unspecified atom stereocenters. The molecule has 0 heterocycles. The molecule has 14 heavy (non-hydrogen) atoms. The molecular weight excluding hydrogens is 176 g/mol. The van der Waals surface area contributed by atoms with E-state index in [1.54, 1.807) is 7.11 Å². The van der Waals surface area contributed by atoms with Crippen molar-refractivity contribution in [2.75, 3.05) is 7.11 Å². The van der Waals surface area contributed by atoms with Gasteiger partial charge in [0.2, 0.25) is 0 Å². The van der Waals surface area contributed by atoms with Crippen LogP contribution in [0.4, 0.5) is 0 Å². The maximum absolute atomic E-state index is 9.75. The second kappa shape index (κ2) is 4.82. The zero-order valence-corrected chi connectivity index (χ0v) is 8.66. The summed E-state index contributed by atoms with van der Waals surface area (Å²) >= 11 is 0. The number of ether oxygens (including phenoxy) is 1. The monoisotopic (exact) mass is 192 g/mol. The maximum atomic E-state index is 9.75. The van der Waals surface area contributed by atoms with Gasteiger partial charge in [0.25, 0.3) is 0 Å². The Morgan fingerprint density at radius 2 is 2.00 bits per heavy atom. The van der Waals surface area contributed by atoms with Crippen LogP contribution < -0.4 is 4.74 Å². The first-order valence-corrected chi connectivity index (χ1v) is 4.60. The third-order valence-corrected chi connectivity index (χ3v) is 2.04. The summed E-state index contributed by atoms with van der Waals surface area (Å²) in [7, 11) is 1.62. The molecular formula is C12H16O2. The Morgan fingerprint density at radius 1 is 1.43 bits per heavy atom. The molecule has 1 aromatic rings. The Labute approximate surface area is 84.8 Å². The fraction of sp³-hybridized carbons (Fsp3) is 0.333. The molecule has 1 N–H and O–H groups in total. The van der Waals surface area contributed by atoms with E-state index in [2.05, 4.69) is 6.58 Å². The van der Waals surface area contributed by atoms with Gasteiger partial charge in [-0.15, -0.1) is 6.58 Å². The van der Waals surface area contributed by atoms with E-state index < -0.39 is 6.10 Å². The molecule has 0 saturated heterocycles. The molecule has 0 aliphatic heterocycles. The minimum absolute atomic E-state index is 0.460. The number of aliphatic hydroxyl groups is 1. The van der Waals surface area contributed by atoms with E-state index in [1.165, 1.54) is 0 Å². The molecule has 0 bridgehead atoms. The minimum atomic E-state index is -0.460. The van der Waals surface area contributed by atoms with Gasteiger partial charge >= 0.3 is 0 Å².